The highest BCUT2D eigenvalue weighted by atomic mass is 16.5. The third-order valence-corrected chi connectivity index (χ3v) is 6.05. The molecule has 0 amide bonds. The zero-order chi connectivity index (χ0) is 22.2. The minimum Gasteiger partial charge on any atom is -0.493 e. The van der Waals surface area contributed by atoms with Gasteiger partial charge in [0, 0.05) is 46.8 Å². The van der Waals surface area contributed by atoms with Crippen molar-refractivity contribution in [3.8, 4) is 11.5 Å². The predicted molar refractivity (Wildman–Crippen MR) is 127 cm³/mol. The molecule has 3 heterocycles. The van der Waals surface area contributed by atoms with Crippen LogP contribution in [-0.2, 0) is 4.74 Å². The quantitative estimate of drug-likeness (QED) is 0.485. The molecule has 0 saturated carbocycles. The fourth-order valence-electron chi connectivity index (χ4n) is 4.12. The second-order valence-corrected chi connectivity index (χ2v) is 7.96. The standard InChI is InChI=1S/C24H27N5O3/c1-14-15(2)25-19-6-5-16(11-17(14)19)26-23-18-12-21(30-3)22(31-4)13-20(18)27-24(28-23)29-7-9-32-10-8-29/h5-6,11-13,25H,7-10H2,1-4H3,(H,26,27,28). The summed E-state index contributed by atoms with van der Waals surface area (Å²) in [5.41, 5.74) is 5.30. The van der Waals surface area contributed by atoms with Crippen molar-refractivity contribution in [2.75, 3.05) is 50.7 Å². The highest BCUT2D eigenvalue weighted by Crippen LogP contribution is 2.36. The minimum absolute atomic E-state index is 0.636. The fraction of sp³-hybridized carbons (Fsp3) is 0.333. The lowest BCUT2D eigenvalue weighted by Crippen LogP contribution is -2.37. The van der Waals surface area contributed by atoms with E-state index in [-0.39, 0.29) is 0 Å². The number of methoxy groups -OCH3 is 2. The summed E-state index contributed by atoms with van der Waals surface area (Å²) < 4.78 is 16.5. The number of nitrogens with one attached hydrogen (secondary N) is 2. The predicted octanol–water partition coefficient (Wildman–Crippen LogP) is 4.33. The molecule has 2 aromatic heterocycles. The van der Waals surface area contributed by atoms with E-state index in [9.17, 15) is 0 Å². The van der Waals surface area contributed by atoms with Crippen LogP contribution in [0.4, 0.5) is 17.5 Å². The SMILES string of the molecule is COc1cc2nc(N3CCOCC3)nc(Nc3ccc4[nH]c(C)c(C)c4c3)c2cc1OC. The van der Waals surface area contributed by atoms with Gasteiger partial charge in [0.25, 0.3) is 0 Å². The van der Waals surface area contributed by atoms with Crippen molar-refractivity contribution >= 4 is 39.3 Å². The van der Waals surface area contributed by atoms with E-state index < -0.39 is 0 Å². The number of ether oxygens (including phenoxy) is 3. The van der Waals surface area contributed by atoms with Gasteiger partial charge >= 0.3 is 0 Å². The normalized spacial score (nSPS) is 14.2. The molecule has 2 N–H and O–H groups in total. The van der Waals surface area contributed by atoms with Gasteiger partial charge < -0.3 is 29.4 Å². The molecular formula is C24H27N5O3. The number of anilines is 3. The monoisotopic (exact) mass is 433 g/mol. The molecule has 0 unspecified atom stereocenters. The summed E-state index contributed by atoms with van der Waals surface area (Å²) in [5, 5.41) is 5.58. The van der Waals surface area contributed by atoms with Crippen LogP contribution in [0.5, 0.6) is 11.5 Å². The smallest absolute Gasteiger partial charge is 0.228 e. The molecule has 32 heavy (non-hydrogen) atoms. The number of hydrogen-bond acceptors (Lipinski definition) is 7. The molecule has 8 nitrogen and oxygen atoms in total. The molecule has 1 aliphatic rings. The van der Waals surface area contributed by atoms with E-state index in [4.69, 9.17) is 24.2 Å². The van der Waals surface area contributed by atoms with Gasteiger partial charge in [-0.05, 0) is 43.7 Å². The molecule has 166 valence electrons. The third-order valence-electron chi connectivity index (χ3n) is 6.05. The number of rotatable bonds is 5. The summed E-state index contributed by atoms with van der Waals surface area (Å²) in [4.78, 5) is 15.3. The molecule has 1 aliphatic heterocycles. The Labute approximate surface area is 186 Å². The summed E-state index contributed by atoms with van der Waals surface area (Å²) in [6.07, 6.45) is 0. The molecule has 4 aromatic rings. The Morgan fingerprint density at radius 2 is 1.72 bits per heavy atom. The van der Waals surface area contributed by atoms with Crippen molar-refractivity contribution in [2.24, 2.45) is 0 Å². The first-order valence-corrected chi connectivity index (χ1v) is 10.7. The van der Waals surface area contributed by atoms with E-state index in [2.05, 4.69) is 47.2 Å². The van der Waals surface area contributed by atoms with Gasteiger partial charge in [0.15, 0.2) is 11.5 Å². The summed E-state index contributed by atoms with van der Waals surface area (Å²) in [7, 11) is 3.26. The van der Waals surface area contributed by atoms with Gasteiger partial charge in [0.2, 0.25) is 5.95 Å². The summed E-state index contributed by atoms with van der Waals surface area (Å²) in [5.74, 6) is 2.67. The van der Waals surface area contributed by atoms with Crippen LogP contribution in [0.15, 0.2) is 30.3 Å². The molecular weight excluding hydrogens is 406 g/mol. The minimum atomic E-state index is 0.636. The lowest BCUT2D eigenvalue weighted by atomic mass is 10.1. The van der Waals surface area contributed by atoms with E-state index in [0.717, 1.165) is 41.0 Å². The Hall–Kier alpha value is -3.52. The van der Waals surface area contributed by atoms with Crippen LogP contribution < -0.4 is 19.7 Å². The number of hydrogen-bond donors (Lipinski definition) is 2. The summed E-state index contributed by atoms with van der Waals surface area (Å²) >= 11 is 0. The van der Waals surface area contributed by atoms with Crippen molar-refractivity contribution in [2.45, 2.75) is 13.8 Å². The van der Waals surface area contributed by atoms with E-state index in [1.165, 1.54) is 16.6 Å². The van der Waals surface area contributed by atoms with Gasteiger partial charge in [0.1, 0.15) is 5.82 Å². The van der Waals surface area contributed by atoms with Crippen LogP contribution in [0.3, 0.4) is 0 Å². The number of morpholine rings is 1. The molecule has 0 aliphatic carbocycles. The maximum atomic E-state index is 5.53. The van der Waals surface area contributed by atoms with Crippen molar-refractivity contribution in [3.63, 3.8) is 0 Å². The molecule has 1 saturated heterocycles. The summed E-state index contributed by atoms with van der Waals surface area (Å²) in [6, 6.07) is 10.1. The first kappa shape index (κ1) is 20.4. The van der Waals surface area contributed by atoms with Gasteiger partial charge in [-0.2, -0.15) is 4.98 Å². The van der Waals surface area contributed by atoms with Gasteiger partial charge in [-0.3, -0.25) is 0 Å². The second kappa shape index (κ2) is 8.20. The number of aromatic amines is 1. The van der Waals surface area contributed by atoms with Crippen LogP contribution in [0.1, 0.15) is 11.3 Å². The van der Waals surface area contributed by atoms with E-state index >= 15 is 0 Å². The highest BCUT2D eigenvalue weighted by Gasteiger charge is 2.19. The van der Waals surface area contributed by atoms with Crippen molar-refractivity contribution in [1.82, 2.24) is 15.0 Å². The molecule has 0 spiro atoms. The van der Waals surface area contributed by atoms with Crippen LogP contribution in [0, 0.1) is 13.8 Å². The van der Waals surface area contributed by atoms with Gasteiger partial charge in [-0.1, -0.05) is 0 Å². The third kappa shape index (κ3) is 3.56. The maximum absolute atomic E-state index is 5.53. The van der Waals surface area contributed by atoms with Crippen LogP contribution in [0.25, 0.3) is 21.8 Å². The zero-order valence-corrected chi connectivity index (χ0v) is 18.8. The van der Waals surface area contributed by atoms with Crippen LogP contribution in [0.2, 0.25) is 0 Å². The second-order valence-electron chi connectivity index (χ2n) is 7.96. The number of aryl methyl sites for hydroxylation is 2. The topological polar surface area (TPSA) is 84.5 Å². The maximum Gasteiger partial charge on any atom is 0.228 e. The number of benzene rings is 2. The first-order chi connectivity index (χ1) is 15.6. The Bertz CT molecular complexity index is 1290. The number of nitrogens with zero attached hydrogens (tertiary/aromatic N) is 3. The van der Waals surface area contributed by atoms with Crippen LogP contribution in [-0.4, -0.2) is 55.5 Å². The molecule has 8 heteroatoms. The van der Waals surface area contributed by atoms with Crippen LogP contribution >= 0.6 is 0 Å². The molecule has 0 radical (unpaired) electrons. The van der Waals surface area contributed by atoms with Crippen molar-refractivity contribution in [3.05, 3.63) is 41.6 Å². The van der Waals surface area contributed by atoms with Gasteiger partial charge in [0.05, 0.1) is 33.0 Å². The molecule has 2 aromatic carbocycles. The molecule has 0 atom stereocenters. The van der Waals surface area contributed by atoms with Gasteiger partial charge in [-0.25, -0.2) is 4.98 Å². The Balaban J connectivity index is 1.64. The average Bonchev–Trinajstić information content (AvgIpc) is 3.11. The van der Waals surface area contributed by atoms with Crippen molar-refractivity contribution in [1.29, 1.82) is 0 Å². The molecule has 0 bridgehead atoms. The Morgan fingerprint density at radius 3 is 2.47 bits per heavy atom. The highest BCUT2D eigenvalue weighted by molar-refractivity contribution is 5.95. The van der Waals surface area contributed by atoms with Crippen molar-refractivity contribution < 1.29 is 14.2 Å². The number of H-pyrrole nitrogens is 1. The summed E-state index contributed by atoms with van der Waals surface area (Å²) in [6.45, 7) is 7.07. The van der Waals surface area contributed by atoms with Gasteiger partial charge in [-0.15, -0.1) is 0 Å². The number of fused-ring (bicyclic) bond motifs is 2. The largest absolute Gasteiger partial charge is 0.493 e. The lowest BCUT2D eigenvalue weighted by Gasteiger charge is -2.27. The molecule has 1 fully saturated rings. The Morgan fingerprint density at radius 1 is 0.969 bits per heavy atom. The lowest BCUT2D eigenvalue weighted by molar-refractivity contribution is 0.122. The van der Waals surface area contributed by atoms with E-state index in [0.29, 0.717) is 30.7 Å². The fourth-order valence-corrected chi connectivity index (χ4v) is 4.12. The Kier molecular flexibility index (Phi) is 5.22. The average molecular weight is 434 g/mol. The first-order valence-electron chi connectivity index (χ1n) is 10.7. The van der Waals surface area contributed by atoms with E-state index in [1.807, 2.05) is 12.1 Å². The number of aromatic nitrogens is 3. The zero-order valence-electron chi connectivity index (χ0n) is 18.8. The molecule has 5 rings (SSSR count). The van der Waals surface area contributed by atoms with E-state index in [1.54, 1.807) is 14.2 Å².